The number of hydroxylamine groups is 2. The summed E-state index contributed by atoms with van der Waals surface area (Å²) in [6, 6.07) is 0.707. The molecule has 3 nitrogen and oxygen atoms in total. The third kappa shape index (κ3) is 6.12. The van der Waals surface area contributed by atoms with E-state index < -0.39 is 0 Å². The van der Waals surface area contributed by atoms with E-state index in [1.165, 1.54) is 57.9 Å². The molecule has 0 aliphatic carbocycles. The maximum Gasteiger partial charge on any atom is 0.137 e. The van der Waals surface area contributed by atoms with Crippen LogP contribution in [0.15, 0.2) is 0 Å². The predicted molar refractivity (Wildman–Crippen MR) is 108 cm³/mol. The van der Waals surface area contributed by atoms with Gasteiger partial charge in [-0.3, -0.25) is 0 Å². The van der Waals surface area contributed by atoms with Crippen LogP contribution in [0, 0.1) is 0 Å². The minimum absolute atomic E-state index is 0.0876. The normalized spacial score (nSPS) is 22.4. The zero-order chi connectivity index (χ0) is 17.7. The molecule has 0 aromatic rings. The Bertz CT molecular complexity index is 337. The summed E-state index contributed by atoms with van der Waals surface area (Å²) in [5.41, 5.74) is 0.175. The zero-order valence-electron chi connectivity index (χ0n) is 16.6. The molecule has 138 valence electrons. The Labute approximate surface area is 159 Å². The summed E-state index contributed by atoms with van der Waals surface area (Å²) in [5, 5.41) is 2.21. The molecule has 4 heteroatoms. The number of nitrogens with zero attached hydrogens (tertiary/aromatic N) is 2. The molecule has 0 radical (unpaired) electrons. The molecule has 0 N–H and O–H groups in total. The van der Waals surface area contributed by atoms with Crippen molar-refractivity contribution in [2.75, 3.05) is 20.6 Å². The Balaban J connectivity index is 2.59. The van der Waals surface area contributed by atoms with Gasteiger partial charge in [-0.1, -0.05) is 32.6 Å². The first-order valence-corrected chi connectivity index (χ1v) is 10.4. The lowest BCUT2D eigenvalue weighted by atomic mass is 9.77. The van der Waals surface area contributed by atoms with E-state index in [0.29, 0.717) is 6.04 Å². The van der Waals surface area contributed by atoms with Crippen LogP contribution in [-0.2, 0) is 3.17 Å². The van der Waals surface area contributed by atoms with Crippen LogP contribution in [0.2, 0.25) is 0 Å². The van der Waals surface area contributed by atoms with Crippen molar-refractivity contribution in [3.63, 3.8) is 0 Å². The molecule has 0 bridgehead atoms. The highest BCUT2D eigenvalue weighted by molar-refractivity contribution is 14.1. The molecule has 23 heavy (non-hydrogen) atoms. The lowest BCUT2D eigenvalue weighted by Crippen LogP contribution is -2.66. The monoisotopic (exact) mass is 439 g/mol. The lowest BCUT2D eigenvalue weighted by molar-refractivity contribution is -0.918. The molecule has 1 heterocycles. The van der Waals surface area contributed by atoms with E-state index in [1.807, 2.05) is 23.0 Å². The van der Waals surface area contributed by atoms with E-state index in [4.69, 9.17) is 3.17 Å². The molecule has 1 rings (SSSR count). The molecule has 0 aromatic carbocycles. The molecular formula is C19H40IN2O+. The average molecular weight is 439 g/mol. The van der Waals surface area contributed by atoms with Crippen LogP contribution in [-0.4, -0.2) is 47.3 Å². The third-order valence-electron chi connectivity index (χ3n) is 5.72. The molecule has 0 spiro atoms. The Hall–Kier alpha value is 0.610. The second kappa shape index (κ2) is 8.81. The Morgan fingerprint density at radius 2 is 1.43 bits per heavy atom. The fraction of sp³-hybridized carbons (Fsp3) is 1.00. The molecule has 0 amide bonds. The number of rotatable bonds is 9. The highest BCUT2D eigenvalue weighted by Crippen LogP contribution is 2.42. The Kier molecular flexibility index (Phi) is 8.30. The molecule has 0 unspecified atom stereocenters. The zero-order valence-corrected chi connectivity index (χ0v) is 18.8. The van der Waals surface area contributed by atoms with Crippen molar-refractivity contribution >= 4 is 23.0 Å². The van der Waals surface area contributed by atoms with Crippen molar-refractivity contribution in [2.45, 2.75) is 103 Å². The van der Waals surface area contributed by atoms with Gasteiger partial charge in [0.05, 0.1) is 26.7 Å². The minimum atomic E-state index is 0.0876. The summed E-state index contributed by atoms with van der Waals surface area (Å²) in [4.78, 5) is 0. The van der Waals surface area contributed by atoms with Gasteiger partial charge >= 0.3 is 0 Å². The van der Waals surface area contributed by atoms with Crippen LogP contribution >= 0.6 is 23.0 Å². The van der Waals surface area contributed by atoms with E-state index in [2.05, 4.69) is 53.8 Å². The average Bonchev–Trinajstić information content (AvgIpc) is 2.40. The van der Waals surface area contributed by atoms with E-state index in [9.17, 15) is 0 Å². The van der Waals surface area contributed by atoms with Crippen LogP contribution < -0.4 is 0 Å². The SMILES string of the molecule is CCCCCCCC[N+](C)(C)C1CC(C)(C)N(OI)C(C)(C)C1. The predicted octanol–water partition coefficient (Wildman–Crippen LogP) is 5.73. The molecule has 1 saturated heterocycles. The highest BCUT2D eigenvalue weighted by atomic mass is 127. The molecule has 1 aliphatic rings. The van der Waals surface area contributed by atoms with Gasteiger partial charge in [-0.15, -0.1) is 0 Å². The number of piperidine rings is 1. The van der Waals surface area contributed by atoms with E-state index in [0.717, 1.165) is 4.48 Å². The first-order chi connectivity index (χ1) is 10.6. The van der Waals surface area contributed by atoms with Crippen LogP contribution in [0.4, 0.5) is 0 Å². The van der Waals surface area contributed by atoms with Gasteiger partial charge in [0, 0.05) is 23.9 Å². The van der Waals surface area contributed by atoms with Crippen molar-refractivity contribution in [2.24, 2.45) is 0 Å². The summed E-state index contributed by atoms with van der Waals surface area (Å²) < 4.78 is 6.86. The van der Waals surface area contributed by atoms with Gasteiger partial charge in [-0.25, -0.2) is 3.17 Å². The van der Waals surface area contributed by atoms with Gasteiger partial charge in [0.15, 0.2) is 0 Å². The molecule has 0 atom stereocenters. The van der Waals surface area contributed by atoms with Gasteiger partial charge in [-0.05, 0) is 40.5 Å². The maximum absolute atomic E-state index is 5.72. The molecule has 0 aromatic heterocycles. The fourth-order valence-corrected chi connectivity index (χ4v) is 5.44. The second-order valence-corrected chi connectivity index (χ2v) is 9.71. The number of halogens is 1. The van der Waals surface area contributed by atoms with Crippen molar-refractivity contribution < 1.29 is 7.65 Å². The lowest BCUT2D eigenvalue weighted by Gasteiger charge is -2.55. The van der Waals surface area contributed by atoms with Crippen LogP contribution in [0.5, 0.6) is 0 Å². The van der Waals surface area contributed by atoms with Gasteiger partial charge in [0.2, 0.25) is 0 Å². The quantitative estimate of drug-likeness (QED) is 0.259. The van der Waals surface area contributed by atoms with Crippen LogP contribution in [0.25, 0.3) is 0 Å². The molecular weight excluding hydrogens is 399 g/mol. The Morgan fingerprint density at radius 3 is 1.91 bits per heavy atom. The Morgan fingerprint density at radius 1 is 0.957 bits per heavy atom. The van der Waals surface area contributed by atoms with E-state index in [1.54, 1.807) is 0 Å². The third-order valence-corrected chi connectivity index (χ3v) is 6.11. The summed E-state index contributed by atoms with van der Waals surface area (Å²) in [7, 11) is 4.87. The first-order valence-electron chi connectivity index (χ1n) is 9.48. The van der Waals surface area contributed by atoms with Gasteiger partial charge < -0.3 is 4.48 Å². The largest absolute Gasteiger partial charge is 0.326 e. The summed E-state index contributed by atoms with van der Waals surface area (Å²) in [5.74, 6) is 0. The van der Waals surface area contributed by atoms with Crippen molar-refractivity contribution in [1.82, 2.24) is 5.06 Å². The van der Waals surface area contributed by atoms with Gasteiger partial charge in [-0.2, -0.15) is 5.06 Å². The smallest absolute Gasteiger partial charge is 0.137 e. The van der Waals surface area contributed by atoms with Crippen molar-refractivity contribution in [1.29, 1.82) is 0 Å². The van der Waals surface area contributed by atoms with Crippen molar-refractivity contribution in [3.8, 4) is 0 Å². The summed E-state index contributed by atoms with van der Waals surface area (Å²) in [6.45, 7) is 12.9. The number of hydrogen-bond donors (Lipinski definition) is 0. The minimum Gasteiger partial charge on any atom is -0.326 e. The summed E-state index contributed by atoms with van der Waals surface area (Å²) >= 11 is 2.04. The first kappa shape index (κ1) is 21.7. The van der Waals surface area contributed by atoms with Gasteiger partial charge in [0.25, 0.3) is 0 Å². The van der Waals surface area contributed by atoms with Crippen LogP contribution in [0.3, 0.4) is 0 Å². The second-order valence-electron chi connectivity index (χ2n) is 9.32. The maximum atomic E-state index is 5.72. The van der Waals surface area contributed by atoms with E-state index >= 15 is 0 Å². The molecule has 1 fully saturated rings. The van der Waals surface area contributed by atoms with Crippen molar-refractivity contribution in [3.05, 3.63) is 0 Å². The molecule has 0 saturated carbocycles. The number of unbranched alkanes of at least 4 members (excludes halogenated alkanes) is 5. The van der Waals surface area contributed by atoms with Crippen LogP contribution in [0.1, 0.15) is 86.0 Å². The standard InChI is InChI=1S/C19H40IN2O/c1-8-9-10-11-12-13-14-22(6,7)17-15-18(2,3)21(23-20)19(4,5)16-17/h17H,8-16H2,1-7H3/q+1. The highest BCUT2D eigenvalue weighted by Gasteiger charge is 2.50. The number of quaternary nitrogens is 1. The fourth-order valence-electron chi connectivity index (χ4n) is 4.37. The topological polar surface area (TPSA) is 12.5 Å². The molecule has 1 aliphatic heterocycles. The van der Waals surface area contributed by atoms with Gasteiger partial charge in [0.1, 0.15) is 23.0 Å². The summed E-state index contributed by atoms with van der Waals surface area (Å²) in [6.07, 6.45) is 10.7. The number of hydrogen-bond acceptors (Lipinski definition) is 2. The van der Waals surface area contributed by atoms with E-state index in [-0.39, 0.29) is 11.1 Å².